The van der Waals surface area contributed by atoms with Crippen LogP contribution in [0.1, 0.15) is 50.7 Å². The minimum Gasteiger partial charge on any atom is -0.377 e. The summed E-state index contributed by atoms with van der Waals surface area (Å²) in [6.45, 7) is 7.33. The van der Waals surface area contributed by atoms with Crippen molar-refractivity contribution in [2.75, 3.05) is 33.8 Å². The van der Waals surface area contributed by atoms with Gasteiger partial charge in [0.25, 0.3) is 0 Å². The molecule has 0 heterocycles. The van der Waals surface area contributed by atoms with Gasteiger partial charge in [0, 0.05) is 33.8 Å². The topological polar surface area (TPSA) is 66.0 Å². The Morgan fingerprint density at radius 3 is 2.38 bits per heavy atom. The molecule has 0 aromatic heterocycles. The highest BCUT2D eigenvalue weighted by Crippen LogP contribution is 2.38. The standard InChI is InChI=1S/C22H36N4O2.HI/c1-5-23-21(24-15-18-11-7-8-12-19(18)16-28-6-2)25-17-22(13-9-10-14-22)20(27)26(3)4;/h7-8,11-12H,5-6,9-10,13-17H2,1-4H3,(H2,23,24,25);1H. The van der Waals surface area contributed by atoms with Crippen LogP contribution in [0.15, 0.2) is 29.3 Å². The van der Waals surface area contributed by atoms with E-state index in [-0.39, 0.29) is 35.3 Å². The molecule has 0 saturated heterocycles. The van der Waals surface area contributed by atoms with Crippen molar-refractivity contribution in [3.05, 3.63) is 35.4 Å². The van der Waals surface area contributed by atoms with Crippen LogP contribution in [-0.2, 0) is 22.7 Å². The van der Waals surface area contributed by atoms with Gasteiger partial charge in [-0.05, 0) is 37.8 Å². The van der Waals surface area contributed by atoms with Crippen molar-refractivity contribution < 1.29 is 9.53 Å². The molecule has 6 nitrogen and oxygen atoms in total. The first-order valence-corrected chi connectivity index (χ1v) is 10.4. The van der Waals surface area contributed by atoms with Crippen molar-refractivity contribution in [2.24, 2.45) is 10.4 Å². The first kappa shape index (κ1) is 25.7. The highest BCUT2D eigenvalue weighted by Gasteiger charge is 2.42. The molecule has 1 aliphatic rings. The van der Waals surface area contributed by atoms with Gasteiger partial charge in [0.15, 0.2) is 5.96 Å². The van der Waals surface area contributed by atoms with E-state index >= 15 is 0 Å². The van der Waals surface area contributed by atoms with Crippen molar-refractivity contribution in [2.45, 2.75) is 52.7 Å². The number of nitrogens with zero attached hydrogens (tertiary/aromatic N) is 2. The van der Waals surface area contributed by atoms with Crippen LogP contribution in [0, 0.1) is 5.41 Å². The van der Waals surface area contributed by atoms with Crippen molar-refractivity contribution >= 4 is 35.8 Å². The largest absolute Gasteiger partial charge is 0.377 e. The van der Waals surface area contributed by atoms with Crippen molar-refractivity contribution in [1.82, 2.24) is 15.5 Å². The molecule has 1 amide bonds. The Hall–Kier alpha value is -1.35. The smallest absolute Gasteiger partial charge is 0.230 e. The Kier molecular flexibility index (Phi) is 11.6. The number of hydrogen-bond acceptors (Lipinski definition) is 3. The van der Waals surface area contributed by atoms with E-state index in [1.807, 2.05) is 33.2 Å². The maximum Gasteiger partial charge on any atom is 0.230 e. The van der Waals surface area contributed by atoms with E-state index in [1.54, 1.807) is 4.90 Å². The number of nitrogens with one attached hydrogen (secondary N) is 2. The van der Waals surface area contributed by atoms with Crippen LogP contribution < -0.4 is 10.6 Å². The number of aliphatic imine (C=N–C) groups is 1. The Balaban J connectivity index is 0.00000420. The zero-order chi connectivity index (χ0) is 20.4. The zero-order valence-corrected chi connectivity index (χ0v) is 20.6. The van der Waals surface area contributed by atoms with Crippen LogP contribution in [-0.4, -0.2) is 50.6 Å². The molecular formula is C22H37IN4O2. The number of rotatable bonds is 9. The van der Waals surface area contributed by atoms with Crippen LogP contribution in [0.5, 0.6) is 0 Å². The lowest BCUT2D eigenvalue weighted by Crippen LogP contribution is -2.49. The van der Waals surface area contributed by atoms with Crippen molar-refractivity contribution in [3.8, 4) is 0 Å². The highest BCUT2D eigenvalue weighted by molar-refractivity contribution is 14.0. The molecule has 2 N–H and O–H groups in total. The van der Waals surface area contributed by atoms with Gasteiger partial charge in [0.1, 0.15) is 0 Å². The second-order valence-electron chi connectivity index (χ2n) is 7.64. The van der Waals surface area contributed by atoms with E-state index in [0.29, 0.717) is 26.3 Å². The summed E-state index contributed by atoms with van der Waals surface area (Å²) < 4.78 is 5.57. The fourth-order valence-electron chi connectivity index (χ4n) is 3.82. The summed E-state index contributed by atoms with van der Waals surface area (Å²) in [5, 5.41) is 6.74. The number of amides is 1. The molecule has 1 aromatic carbocycles. The number of hydrogen-bond donors (Lipinski definition) is 2. The van der Waals surface area contributed by atoms with Gasteiger partial charge in [-0.2, -0.15) is 0 Å². The normalized spacial score (nSPS) is 15.5. The summed E-state index contributed by atoms with van der Waals surface area (Å²) in [4.78, 5) is 19.3. The van der Waals surface area contributed by atoms with Gasteiger partial charge in [-0.25, -0.2) is 4.99 Å². The van der Waals surface area contributed by atoms with Gasteiger partial charge < -0.3 is 20.3 Å². The van der Waals surface area contributed by atoms with Gasteiger partial charge in [0.2, 0.25) is 5.91 Å². The molecule has 0 aliphatic heterocycles. The van der Waals surface area contributed by atoms with E-state index in [0.717, 1.165) is 43.8 Å². The van der Waals surface area contributed by atoms with Crippen LogP contribution in [0.2, 0.25) is 0 Å². The Bertz CT molecular complexity index is 658. The Morgan fingerprint density at radius 2 is 1.79 bits per heavy atom. The summed E-state index contributed by atoms with van der Waals surface area (Å²) in [5.74, 6) is 0.974. The third-order valence-corrected chi connectivity index (χ3v) is 5.35. The van der Waals surface area contributed by atoms with Gasteiger partial charge >= 0.3 is 0 Å². The molecule has 1 fully saturated rings. The molecule has 7 heteroatoms. The molecule has 1 aromatic rings. The predicted octanol–water partition coefficient (Wildman–Crippen LogP) is 3.54. The van der Waals surface area contributed by atoms with E-state index in [9.17, 15) is 4.79 Å². The summed E-state index contributed by atoms with van der Waals surface area (Å²) in [7, 11) is 3.69. The molecule has 0 atom stereocenters. The van der Waals surface area contributed by atoms with Crippen LogP contribution >= 0.6 is 24.0 Å². The quantitative estimate of drug-likeness (QED) is 0.300. The summed E-state index contributed by atoms with van der Waals surface area (Å²) >= 11 is 0. The number of carbonyl (C=O) groups is 1. The first-order chi connectivity index (χ1) is 13.5. The average molecular weight is 516 g/mol. The number of guanidine groups is 1. The van der Waals surface area contributed by atoms with E-state index < -0.39 is 0 Å². The molecular weight excluding hydrogens is 479 g/mol. The Morgan fingerprint density at radius 1 is 1.14 bits per heavy atom. The molecule has 164 valence electrons. The minimum absolute atomic E-state index is 0. The molecule has 29 heavy (non-hydrogen) atoms. The summed E-state index contributed by atoms with van der Waals surface area (Å²) in [5.41, 5.74) is 2.01. The molecule has 2 rings (SSSR count). The summed E-state index contributed by atoms with van der Waals surface area (Å²) in [6, 6.07) is 8.24. The highest BCUT2D eigenvalue weighted by atomic mass is 127. The predicted molar refractivity (Wildman–Crippen MR) is 130 cm³/mol. The minimum atomic E-state index is -0.313. The van der Waals surface area contributed by atoms with Crippen LogP contribution in [0.3, 0.4) is 0 Å². The zero-order valence-electron chi connectivity index (χ0n) is 18.3. The van der Waals surface area contributed by atoms with Gasteiger partial charge in [-0.15, -0.1) is 24.0 Å². The number of ether oxygens (including phenoxy) is 1. The Labute approximate surface area is 192 Å². The monoisotopic (exact) mass is 516 g/mol. The van der Waals surface area contributed by atoms with Crippen LogP contribution in [0.4, 0.5) is 0 Å². The lowest BCUT2D eigenvalue weighted by molar-refractivity contribution is -0.138. The first-order valence-electron chi connectivity index (χ1n) is 10.4. The van der Waals surface area contributed by atoms with E-state index in [4.69, 9.17) is 9.73 Å². The summed E-state index contributed by atoms with van der Waals surface area (Å²) in [6.07, 6.45) is 4.10. The molecule has 0 spiro atoms. The SMILES string of the molecule is CCNC(=NCc1ccccc1COCC)NCC1(C(=O)N(C)C)CCCC1.I. The fraction of sp³-hybridized carbons (Fsp3) is 0.636. The number of benzene rings is 1. The molecule has 1 saturated carbocycles. The van der Waals surface area contributed by atoms with Crippen molar-refractivity contribution in [1.29, 1.82) is 0 Å². The van der Waals surface area contributed by atoms with Gasteiger partial charge in [0.05, 0.1) is 18.6 Å². The van der Waals surface area contributed by atoms with Gasteiger partial charge in [-0.3, -0.25) is 4.79 Å². The number of halogens is 1. The molecule has 1 aliphatic carbocycles. The number of carbonyl (C=O) groups excluding carboxylic acids is 1. The average Bonchev–Trinajstić information content (AvgIpc) is 3.18. The van der Waals surface area contributed by atoms with Crippen LogP contribution in [0.25, 0.3) is 0 Å². The lowest BCUT2D eigenvalue weighted by Gasteiger charge is -2.31. The van der Waals surface area contributed by atoms with Crippen molar-refractivity contribution in [3.63, 3.8) is 0 Å². The van der Waals surface area contributed by atoms with E-state index in [2.05, 4.69) is 29.7 Å². The lowest BCUT2D eigenvalue weighted by atomic mass is 9.84. The van der Waals surface area contributed by atoms with Gasteiger partial charge in [-0.1, -0.05) is 37.1 Å². The van der Waals surface area contributed by atoms with E-state index in [1.165, 1.54) is 5.56 Å². The molecule has 0 unspecified atom stereocenters. The molecule has 0 radical (unpaired) electrons. The maximum absolute atomic E-state index is 12.8. The third-order valence-electron chi connectivity index (χ3n) is 5.35. The maximum atomic E-state index is 12.8. The third kappa shape index (κ3) is 7.44. The molecule has 0 bridgehead atoms. The fourth-order valence-corrected chi connectivity index (χ4v) is 3.82. The second kappa shape index (κ2) is 13.1. The second-order valence-corrected chi connectivity index (χ2v) is 7.64.